The minimum absolute atomic E-state index is 0.343. The van der Waals surface area contributed by atoms with Crippen molar-refractivity contribution < 1.29 is 0 Å². The summed E-state index contributed by atoms with van der Waals surface area (Å²) in [6.07, 6.45) is 3.08. The molecule has 0 saturated heterocycles. The summed E-state index contributed by atoms with van der Waals surface area (Å²) >= 11 is 11.9. The summed E-state index contributed by atoms with van der Waals surface area (Å²) in [7, 11) is 0. The molecule has 0 aliphatic heterocycles. The van der Waals surface area contributed by atoms with Gasteiger partial charge in [0.05, 0.1) is 11.6 Å². The quantitative estimate of drug-likeness (QED) is 0.760. The van der Waals surface area contributed by atoms with Gasteiger partial charge in [-0.15, -0.1) is 11.6 Å². The molecule has 0 unspecified atom stereocenters. The molecule has 0 spiro atoms. The Bertz CT molecular complexity index is 466. The van der Waals surface area contributed by atoms with Gasteiger partial charge in [-0.3, -0.25) is 0 Å². The van der Waals surface area contributed by atoms with E-state index in [0.717, 1.165) is 11.3 Å². The minimum Gasteiger partial charge on any atom is -0.245 e. The van der Waals surface area contributed by atoms with E-state index >= 15 is 0 Å². The highest BCUT2D eigenvalue weighted by atomic mass is 35.5. The molecule has 0 atom stereocenters. The van der Waals surface area contributed by atoms with E-state index in [1.165, 1.54) is 6.33 Å². The van der Waals surface area contributed by atoms with Gasteiger partial charge in [0.25, 0.3) is 0 Å². The fourth-order valence-corrected chi connectivity index (χ4v) is 1.96. The third-order valence-electron chi connectivity index (χ3n) is 2.04. The summed E-state index contributed by atoms with van der Waals surface area (Å²) in [5.74, 6) is 0.977. The molecule has 78 valence electrons. The molecule has 4 nitrogen and oxygen atoms in total. The summed E-state index contributed by atoms with van der Waals surface area (Å²) in [6, 6.07) is 1.73. The average Bonchev–Trinajstić information content (AvgIpc) is 2.55. The van der Waals surface area contributed by atoms with Crippen molar-refractivity contribution >= 4 is 23.2 Å². The second-order valence-corrected chi connectivity index (χ2v) is 3.59. The van der Waals surface area contributed by atoms with Crippen molar-refractivity contribution in [3.05, 3.63) is 35.0 Å². The largest absolute Gasteiger partial charge is 0.245 e. The molecule has 0 aliphatic rings. The normalized spacial score (nSPS) is 10.6. The van der Waals surface area contributed by atoms with Gasteiger partial charge in [-0.05, 0) is 6.92 Å². The van der Waals surface area contributed by atoms with Crippen molar-refractivity contribution in [2.24, 2.45) is 0 Å². The Morgan fingerprint density at radius 3 is 2.80 bits per heavy atom. The van der Waals surface area contributed by atoms with E-state index in [-0.39, 0.29) is 0 Å². The number of halogens is 2. The topological polar surface area (TPSA) is 43.6 Å². The molecule has 0 radical (unpaired) electrons. The van der Waals surface area contributed by atoms with Crippen LogP contribution in [0.5, 0.6) is 0 Å². The molecule has 0 N–H and O–H groups in total. The van der Waals surface area contributed by atoms with Crippen LogP contribution in [0.2, 0.25) is 5.15 Å². The molecule has 2 aromatic rings. The van der Waals surface area contributed by atoms with Crippen LogP contribution in [-0.4, -0.2) is 19.7 Å². The van der Waals surface area contributed by atoms with E-state index < -0.39 is 0 Å². The molecule has 2 heterocycles. The van der Waals surface area contributed by atoms with E-state index in [1.54, 1.807) is 16.9 Å². The van der Waals surface area contributed by atoms with Gasteiger partial charge in [0.15, 0.2) is 5.82 Å². The van der Waals surface area contributed by atoms with E-state index in [4.69, 9.17) is 23.2 Å². The molecule has 2 aromatic heterocycles. The maximum atomic E-state index is 6.12. The number of hydrogen-bond acceptors (Lipinski definition) is 3. The summed E-state index contributed by atoms with van der Waals surface area (Å²) in [4.78, 5) is 7.89. The Labute approximate surface area is 96.9 Å². The second kappa shape index (κ2) is 4.16. The molecular formula is C9H8Cl2N4. The number of nitrogens with zero attached hydrogens (tertiary/aromatic N) is 4. The maximum absolute atomic E-state index is 6.12. The Hall–Kier alpha value is -1.13. The van der Waals surface area contributed by atoms with Crippen LogP contribution < -0.4 is 0 Å². The van der Waals surface area contributed by atoms with Gasteiger partial charge in [0, 0.05) is 17.8 Å². The Morgan fingerprint density at radius 2 is 2.27 bits per heavy atom. The van der Waals surface area contributed by atoms with Crippen molar-refractivity contribution in [3.8, 4) is 5.82 Å². The van der Waals surface area contributed by atoms with Crippen LogP contribution in [0.1, 0.15) is 11.3 Å². The van der Waals surface area contributed by atoms with Gasteiger partial charge in [-0.25, -0.2) is 14.6 Å². The van der Waals surface area contributed by atoms with Crippen LogP contribution in [0.25, 0.3) is 5.82 Å². The van der Waals surface area contributed by atoms with E-state index in [0.29, 0.717) is 16.9 Å². The lowest BCUT2D eigenvalue weighted by Crippen LogP contribution is -1.99. The van der Waals surface area contributed by atoms with E-state index in [2.05, 4.69) is 15.1 Å². The predicted octanol–water partition coefficient (Wildman–Crippen LogP) is 2.36. The highest BCUT2D eigenvalue weighted by Crippen LogP contribution is 2.23. The number of hydrogen-bond donors (Lipinski definition) is 0. The third kappa shape index (κ3) is 1.82. The minimum atomic E-state index is 0.343. The van der Waals surface area contributed by atoms with Crippen molar-refractivity contribution in [1.29, 1.82) is 0 Å². The highest BCUT2D eigenvalue weighted by molar-refractivity contribution is 6.31. The van der Waals surface area contributed by atoms with E-state index in [1.807, 2.05) is 6.92 Å². The van der Waals surface area contributed by atoms with Crippen LogP contribution in [0.4, 0.5) is 0 Å². The van der Waals surface area contributed by atoms with Crippen molar-refractivity contribution in [1.82, 2.24) is 19.7 Å². The SMILES string of the molecule is Cc1nn(-c2ccncn2)c(Cl)c1CCl. The predicted molar refractivity (Wildman–Crippen MR) is 58.5 cm³/mol. The number of aryl methyl sites for hydroxylation is 1. The van der Waals surface area contributed by atoms with Gasteiger partial charge >= 0.3 is 0 Å². The smallest absolute Gasteiger partial charge is 0.158 e. The molecule has 6 heteroatoms. The Morgan fingerprint density at radius 1 is 1.47 bits per heavy atom. The summed E-state index contributed by atoms with van der Waals surface area (Å²) in [5.41, 5.74) is 1.64. The monoisotopic (exact) mass is 242 g/mol. The molecular weight excluding hydrogens is 235 g/mol. The fourth-order valence-electron chi connectivity index (χ4n) is 1.24. The van der Waals surface area contributed by atoms with Gasteiger partial charge < -0.3 is 0 Å². The van der Waals surface area contributed by atoms with Gasteiger partial charge in [0.2, 0.25) is 0 Å². The number of alkyl halides is 1. The zero-order valence-electron chi connectivity index (χ0n) is 7.98. The second-order valence-electron chi connectivity index (χ2n) is 2.97. The fraction of sp³-hybridized carbons (Fsp3) is 0.222. The van der Waals surface area contributed by atoms with Crippen molar-refractivity contribution in [3.63, 3.8) is 0 Å². The summed E-state index contributed by atoms with van der Waals surface area (Å²) in [5, 5.41) is 4.76. The van der Waals surface area contributed by atoms with Crippen LogP contribution in [0.15, 0.2) is 18.6 Å². The van der Waals surface area contributed by atoms with Gasteiger partial charge in [0.1, 0.15) is 11.5 Å². The molecule has 0 bridgehead atoms. The molecule has 2 rings (SSSR count). The lowest BCUT2D eigenvalue weighted by Gasteiger charge is -2.00. The standard InChI is InChI=1S/C9H8Cl2N4/c1-6-7(4-10)9(11)15(14-6)8-2-3-12-5-13-8/h2-3,5H,4H2,1H3. The first kappa shape index (κ1) is 10.4. The molecule has 15 heavy (non-hydrogen) atoms. The first-order valence-electron chi connectivity index (χ1n) is 4.30. The lowest BCUT2D eigenvalue weighted by molar-refractivity contribution is 0.826. The molecule has 0 saturated carbocycles. The van der Waals surface area contributed by atoms with Crippen LogP contribution >= 0.6 is 23.2 Å². The summed E-state index contributed by atoms with van der Waals surface area (Å²) in [6.45, 7) is 1.86. The number of rotatable bonds is 2. The Kier molecular flexibility index (Phi) is 2.88. The van der Waals surface area contributed by atoms with Crippen LogP contribution in [-0.2, 0) is 5.88 Å². The maximum Gasteiger partial charge on any atom is 0.158 e. The molecule has 0 aliphatic carbocycles. The molecule has 0 aromatic carbocycles. The lowest BCUT2D eigenvalue weighted by atomic mass is 10.3. The van der Waals surface area contributed by atoms with Gasteiger partial charge in [-0.1, -0.05) is 11.6 Å². The zero-order valence-corrected chi connectivity index (χ0v) is 9.50. The number of aromatic nitrogens is 4. The molecule has 0 fully saturated rings. The summed E-state index contributed by atoms with van der Waals surface area (Å²) < 4.78 is 1.55. The van der Waals surface area contributed by atoms with Gasteiger partial charge in [-0.2, -0.15) is 5.10 Å². The van der Waals surface area contributed by atoms with Crippen LogP contribution in [0.3, 0.4) is 0 Å². The zero-order chi connectivity index (χ0) is 10.8. The average molecular weight is 243 g/mol. The van der Waals surface area contributed by atoms with Crippen molar-refractivity contribution in [2.75, 3.05) is 0 Å². The third-order valence-corrected chi connectivity index (χ3v) is 2.69. The molecule has 0 amide bonds. The van der Waals surface area contributed by atoms with Crippen molar-refractivity contribution in [2.45, 2.75) is 12.8 Å². The first-order valence-corrected chi connectivity index (χ1v) is 5.21. The highest BCUT2D eigenvalue weighted by Gasteiger charge is 2.13. The van der Waals surface area contributed by atoms with E-state index in [9.17, 15) is 0 Å². The first-order chi connectivity index (χ1) is 7.24. The Balaban J connectivity index is 2.55. The van der Waals surface area contributed by atoms with Crippen LogP contribution in [0, 0.1) is 6.92 Å².